The van der Waals surface area contributed by atoms with Crippen LogP contribution in [0.1, 0.15) is 0 Å². The van der Waals surface area contributed by atoms with Gasteiger partial charge in [0.05, 0.1) is 0 Å². The van der Waals surface area contributed by atoms with Crippen molar-refractivity contribution in [2.75, 3.05) is 0 Å². The van der Waals surface area contributed by atoms with Crippen molar-refractivity contribution in [3.63, 3.8) is 0 Å². The van der Waals surface area contributed by atoms with Crippen LogP contribution < -0.4 is 14.1 Å². The molecule has 0 N–H and O–H groups in total. The zero-order chi connectivity index (χ0) is 0. The molecular weight excluding hydrogens is 202 g/mol. The van der Waals surface area contributed by atoms with Gasteiger partial charge in [0.2, 0.25) is 0 Å². The summed E-state index contributed by atoms with van der Waals surface area (Å²) < 4.78 is 0. The Balaban J connectivity index is 0. The average Bonchev–Trinajstić information content (AvgIpc) is 0. The molecule has 0 fully saturated rings. The SMILES string of the molecule is [F-].[F-].[F-].[Pm]. The predicted molar refractivity (Wildman–Crippen MR) is 0 cm³/mol. The van der Waals surface area contributed by atoms with Gasteiger partial charge in [-0.05, 0) is 0 Å². The molecule has 0 unspecified atom stereocenters. The first-order chi connectivity index (χ1) is 0. The topological polar surface area (TPSA) is 0 Å². The summed E-state index contributed by atoms with van der Waals surface area (Å²) in [6.07, 6.45) is 0. The Labute approximate surface area is 54.2 Å². The quantitative estimate of drug-likeness (QED) is 0.366. The van der Waals surface area contributed by atoms with Gasteiger partial charge in [0.1, 0.15) is 0 Å². The Morgan fingerprint density at radius 2 is 0.500 bits per heavy atom. The van der Waals surface area contributed by atoms with Crippen LogP contribution in [0, 0.1) is 40.4 Å². The Morgan fingerprint density at radius 3 is 0.500 bits per heavy atom. The number of rotatable bonds is 0. The van der Waals surface area contributed by atoms with Crippen molar-refractivity contribution in [2.45, 2.75) is 0 Å². The van der Waals surface area contributed by atoms with Crippen molar-refractivity contribution in [3.05, 3.63) is 0 Å². The van der Waals surface area contributed by atoms with Crippen LogP contribution in [-0.4, -0.2) is 0 Å². The fourth-order valence-corrected chi connectivity index (χ4v) is 0. The summed E-state index contributed by atoms with van der Waals surface area (Å²) in [6, 6.07) is 0. The minimum Gasteiger partial charge on any atom is -1.00 e. The van der Waals surface area contributed by atoms with E-state index in [0.29, 0.717) is 0 Å². The fourth-order valence-electron chi connectivity index (χ4n) is 0. The van der Waals surface area contributed by atoms with Gasteiger partial charge in [-0.2, -0.15) is 0 Å². The van der Waals surface area contributed by atoms with E-state index in [1.54, 1.807) is 0 Å². The molecule has 0 aromatic carbocycles. The van der Waals surface area contributed by atoms with Gasteiger partial charge < -0.3 is 14.1 Å². The minimum atomic E-state index is 0. The summed E-state index contributed by atoms with van der Waals surface area (Å²) in [7, 11) is 0. The first kappa shape index (κ1) is 68.7. The van der Waals surface area contributed by atoms with E-state index in [-0.39, 0.29) is 54.5 Å². The zero-order valence-electron chi connectivity index (χ0n) is 1.58. The summed E-state index contributed by atoms with van der Waals surface area (Å²) in [5.74, 6) is 0. The van der Waals surface area contributed by atoms with Crippen molar-refractivity contribution >= 4 is 0 Å². The second kappa shape index (κ2) is 31.8. The maximum Gasteiger partial charge on any atom is 0 e. The van der Waals surface area contributed by atoms with E-state index < -0.39 is 0 Å². The molecule has 0 spiro atoms. The maximum absolute atomic E-state index is 0. The van der Waals surface area contributed by atoms with Gasteiger partial charge in [0.15, 0.2) is 0 Å². The van der Waals surface area contributed by atoms with E-state index in [1.165, 1.54) is 0 Å². The van der Waals surface area contributed by atoms with Crippen LogP contribution in [0.3, 0.4) is 0 Å². The third kappa shape index (κ3) is 11.1. The normalized spacial score (nSPS) is 0. The third-order valence-electron chi connectivity index (χ3n) is 0. The van der Waals surface area contributed by atoms with Crippen molar-refractivity contribution in [3.8, 4) is 0 Å². The molecule has 0 heterocycles. The van der Waals surface area contributed by atoms with Gasteiger partial charge >= 0.3 is 0 Å². The first-order valence-electron chi connectivity index (χ1n) is 0. The molecule has 1 radical (unpaired) electrons. The van der Waals surface area contributed by atoms with Gasteiger partial charge in [-0.15, -0.1) is 0 Å². The fraction of sp³-hybridized carbons (Fsp3) is 0. The molecular formula is F3Pm-3. The number of hydrogen-bond donors (Lipinski definition) is 0. The maximum atomic E-state index is 0. The largest absolute Gasteiger partial charge is 1.00 e. The zero-order valence-corrected chi connectivity index (χ0v) is 4.45. The molecule has 4 heteroatoms. The van der Waals surface area contributed by atoms with Crippen LogP contribution in [0.15, 0.2) is 0 Å². The monoisotopic (exact) mass is 202 g/mol. The Bertz CT molecular complexity index is 3.25. The summed E-state index contributed by atoms with van der Waals surface area (Å²) in [5.41, 5.74) is 0. The second-order valence-electron chi connectivity index (χ2n) is 0. The Kier molecular flexibility index (Phi) is 545. The summed E-state index contributed by atoms with van der Waals surface area (Å²) in [5, 5.41) is 0. The summed E-state index contributed by atoms with van der Waals surface area (Å²) in [6.45, 7) is 0. The number of halogens is 3. The van der Waals surface area contributed by atoms with Crippen molar-refractivity contribution in [1.82, 2.24) is 0 Å². The molecule has 0 aliphatic carbocycles. The van der Waals surface area contributed by atoms with Gasteiger partial charge in [-0.25, -0.2) is 0 Å². The van der Waals surface area contributed by atoms with E-state index in [2.05, 4.69) is 0 Å². The van der Waals surface area contributed by atoms with Crippen LogP contribution in [0.25, 0.3) is 0 Å². The molecule has 0 rings (SSSR count). The van der Waals surface area contributed by atoms with Gasteiger partial charge in [-0.1, -0.05) is 0 Å². The van der Waals surface area contributed by atoms with Crippen LogP contribution in [0.2, 0.25) is 0 Å². The Hall–Kier alpha value is 1.13. The van der Waals surface area contributed by atoms with Crippen LogP contribution in [-0.2, 0) is 0 Å². The van der Waals surface area contributed by atoms with Crippen molar-refractivity contribution in [2.24, 2.45) is 0 Å². The van der Waals surface area contributed by atoms with Crippen LogP contribution >= 0.6 is 0 Å². The van der Waals surface area contributed by atoms with Crippen molar-refractivity contribution < 1.29 is 54.5 Å². The van der Waals surface area contributed by atoms with E-state index in [0.717, 1.165) is 0 Å². The van der Waals surface area contributed by atoms with E-state index in [1.807, 2.05) is 0 Å². The van der Waals surface area contributed by atoms with Gasteiger partial charge in [0, 0.05) is 40.4 Å². The summed E-state index contributed by atoms with van der Waals surface area (Å²) >= 11 is 0. The standard InChI is InChI=1S/3FH.Pm/h3*1H;/p-3. The smallest absolute Gasteiger partial charge is 0 e. The molecule has 0 saturated carbocycles. The molecule has 0 saturated heterocycles. The number of hydrogen-bond acceptors (Lipinski definition) is 0. The van der Waals surface area contributed by atoms with E-state index >= 15 is 0 Å². The van der Waals surface area contributed by atoms with E-state index in [9.17, 15) is 0 Å². The molecule has 0 atom stereocenters. The molecule has 0 aromatic heterocycles. The predicted octanol–water partition coefficient (Wildman–Crippen LogP) is -8.99. The molecule has 0 aromatic rings. The molecule has 0 amide bonds. The average molecular weight is 202 g/mol. The molecule has 4 heavy (non-hydrogen) atoms. The third-order valence-corrected chi connectivity index (χ3v) is 0. The van der Waals surface area contributed by atoms with Gasteiger partial charge in [0.25, 0.3) is 0 Å². The molecule has 0 aliphatic heterocycles. The molecule has 0 bridgehead atoms. The molecule has 29 valence electrons. The van der Waals surface area contributed by atoms with Crippen LogP contribution in [0.4, 0.5) is 0 Å². The van der Waals surface area contributed by atoms with Crippen LogP contribution in [0.5, 0.6) is 0 Å². The second-order valence-corrected chi connectivity index (χ2v) is 0. The van der Waals surface area contributed by atoms with E-state index in [4.69, 9.17) is 0 Å². The minimum absolute atomic E-state index is 0. The summed E-state index contributed by atoms with van der Waals surface area (Å²) in [4.78, 5) is 0. The molecule has 0 nitrogen and oxygen atoms in total. The Morgan fingerprint density at radius 1 is 0.500 bits per heavy atom. The molecule has 0 aliphatic rings. The van der Waals surface area contributed by atoms with Crippen molar-refractivity contribution in [1.29, 1.82) is 0 Å². The van der Waals surface area contributed by atoms with Gasteiger partial charge in [-0.3, -0.25) is 0 Å². The first-order valence-corrected chi connectivity index (χ1v) is 0.